The molecular weight excluding hydrogens is 401 g/mol. The lowest BCUT2D eigenvalue weighted by molar-refractivity contribution is -0.136. The quantitative estimate of drug-likeness (QED) is 0.747. The Hall–Kier alpha value is -1.47. The third kappa shape index (κ3) is 4.43. The van der Waals surface area contributed by atoms with E-state index in [1.54, 1.807) is 11.0 Å². The van der Waals surface area contributed by atoms with Gasteiger partial charge in [-0.15, -0.1) is 0 Å². The van der Waals surface area contributed by atoms with Crippen LogP contribution in [0.4, 0.5) is 4.39 Å². The Morgan fingerprint density at radius 3 is 2.54 bits per heavy atom. The van der Waals surface area contributed by atoms with E-state index in [0.29, 0.717) is 43.2 Å². The number of halogens is 2. The normalized spacial score (nSPS) is 21.7. The Morgan fingerprint density at radius 2 is 1.88 bits per heavy atom. The molecule has 0 aliphatic carbocycles. The molecule has 2 fully saturated rings. The number of piperidine rings is 1. The molecule has 2 aliphatic heterocycles. The molecule has 0 radical (unpaired) electrons. The highest BCUT2D eigenvalue weighted by molar-refractivity contribution is 9.10. The van der Waals surface area contributed by atoms with Crippen molar-refractivity contribution >= 4 is 27.7 Å². The molecule has 1 atom stereocenters. The molecule has 1 aromatic carbocycles. The minimum atomic E-state index is -0.513. The van der Waals surface area contributed by atoms with Crippen molar-refractivity contribution < 1.29 is 14.0 Å². The number of nitrogens with zero attached hydrogens (tertiary/aromatic N) is 3. The van der Waals surface area contributed by atoms with Gasteiger partial charge in [0.2, 0.25) is 5.91 Å². The third-order valence-electron chi connectivity index (χ3n) is 5.30. The van der Waals surface area contributed by atoms with Gasteiger partial charge in [0.05, 0.1) is 12.1 Å². The van der Waals surface area contributed by atoms with Crippen molar-refractivity contribution in [3.05, 3.63) is 34.1 Å². The Balaban J connectivity index is 1.52. The van der Waals surface area contributed by atoms with E-state index in [-0.39, 0.29) is 17.4 Å². The van der Waals surface area contributed by atoms with Gasteiger partial charge < -0.3 is 9.80 Å². The average Bonchev–Trinajstić information content (AvgIpc) is 2.62. The van der Waals surface area contributed by atoms with Gasteiger partial charge in [0.15, 0.2) is 0 Å². The van der Waals surface area contributed by atoms with Crippen LogP contribution < -0.4 is 0 Å². The number of carbonyl (C=O) groups excluding carboxylic acids is 2. The second-order valence-electron chi connectivity index (χ2n) is 7.12. The zero-order valence-corrected chi connectivity index (χ0v) is 16.7. The van der Waals surface area contributed by atoms with E-state index in [1.807, 2.05) is 4.90 Å². The highest BCUT2D eigenvalue weighted by atomic mass is 79.9. The van der Waals surface area contributed by atoms with Gasteiger partial charge in [-0.3, -0.25) is 14.5 Å². The van der Waals surface area contributed by atoms with Crippen LogP contribution in [0.2, 0.25) is 0 Å². The second kappa shape index (κ2) is 8.48. The van der Waals surface area contributed by atoms with E-state index in [0.717, 1.165) is 19.4 Å². The maximum atomic E-state index is 14.0. The van der Waals surface area contributed by atoms with E-state index in [9.17, 15) is 14.0 Å². The molecule has 2 aliphatic rings. The summed E-state index contributed by atoms with van der Waals surface area (Å²) in [6.45, 7) is 5.66. The van der Waals surface area contributed by atoms with Crippen LogP contribution in [0.3, 0.4) is 0 Å². The fourth-order valence-corrected chi connectivity index (χ4v) is 4.03. The largest absolute Gasteiger partial charge is 0.339 e. The molecule has 0 N–H and O–H groups in total. The molecule has 1 unspecified atom stereocenters. The number of hydrogen-bond acceptors (Lipinski definition) is 3. The lowest BCUT2D eigenvalue weighted by atomic mass is 10.0. The smallest absolute Gasteiger partial charge is 0.256 e. The molecule has 142 valence electrons. The predicted octanol–water partition coefficient (Wildman–Crippen LogP) is 2.75. The average molecular weight is 426 g/mol. The lowest BCUT2D eigenvalue weighted by Gasteiger charge is -2.38. The van der Waals surface area contributed by atoms with Gasteiger partial charge in [0.25, 0.3) is 5.91 Å². The fourth-order valence-electron chi connectivity index (χ4n) is 3.69. The van der Waals surface area contributed by atoms with Crippen molar-refractivity contribution in [2.24, 2.45) is 0 Å². The van der Waals surface area contributed by atoms with Crippen LogP contribution >= 0.6 is 15.9 Å². The first kappa shape index (κ1) is 19.3. The van der Waals surface area contributed by atoms with Crippen molar-refractivity contribution in [2.75, 3.05) is 39.3 Å². The van der Waals surface area contributed by atoms with Gasteiger partial charge in [-0.2, -0.15) is 0 Å². The summed E-state index contributed by atoms with van der Waals surface area (Å²) in [6, 6.07) is 4.81. The molecule has 7 heteroatoms. The molecule has 0 saturated carbocycles. The molecule has 1 aromatic rings. The van der Waals surface area contributed by atoms with Crippen molar-refractivity contribution in [3.63, 3.8) is 0 Å². The van der Waals surface area contributed by atoms with E-state index in [1.165, 1.54) is 18.6 Å². The number of rotatable bonds is 3. The van der Waals surface area contributed by atoms with Crippen LogP contribution in [-0.4, -0.2) is 71.8 Å². The first-order valence-corrected chi connectivity index (χ1v) is 10.0. The summed E-state index contributed by atoms with van der Waals surface area (Å²) in [4.78, 5) is 30.8. The minimum absolute atomic E-state index is 0.0971. The first-order valence-electron chi connectivity index (χ1n) is 9.22. The van der Waals surface area contributed by atoms with E-state index < -0.39 is 5.82 Å². The predicted molar refractivity (Wildman–Crippen MR) is 101 cm³/mol. The zero-order valence-electron chi connectivity index (χ0n) is 15.1. The van der Waals surface area contributed by atoms with E-state index in [4.69, 9.17) is 0 Å². The standard InChI is InChI=1S/C19H25BrFN3O2/c1-14-4-2-3-7-24(14)18(25)13-22-8-10-23(11-9-22)19(26)16-6-5-15(20)12-17(16)21/h5-6,12,14H,2-4,7-11,13H2,1H3. The molecule has 0 aromatic heterocycles. The van der Waals surface area contributed by atoms with Crippen LogP contribution in [0.25, 0.3) is 0 Å². The summed E-state index contributed by atoms with van der Waals surface area (Å²) in [7, 11) is 0. The molecule has 0 spiro atoms. The number of hydrogen-bond donors (Lipinski definition) is 0. The summed E-state index contributed by atoms with van der Waals surface area (Å²) in [5.74, 6) is -0.623. The van der Waals surface area contributed by atoms with Crippen LogP contribution in [0.1, 0.15) is 36.5 Å². The summed E-state index contributed by atoms with van der Waals surface area (Å²) in [6.07, 6.45) is 3.35. The maximum absolute atomic E-state index is 14.0. The summed E-state index contributed by atoms with van der Waals surface area (Å²) in [5, 5.41) is 0. The minimum Gasteiger partial charge on any atom is -0.339 e. The van der Waals surface area contributed by atoms with Gasteiger partial charge in [0.1, 0.15) is 5.82 Å². The van der Waals surface area contributed by atoms with Gasteiger partial charge in [-0.25, -0.2) is 4.39 Å². The van der Waals surface area contributed by atoms with Crippen LogP contribution in [0.15, 0.2) is 22.7 Å². The third-order valence-corrected chi connectivity index (χ3v) is 5.80. The molecule has 2 amide bonds. The van der Waals surface area contributed by atoms with Crippen molar-refractivity contribution in [1.82, 2.24) is 14.7 Å². The second-order valence-corrected chi connectivity index (χ2v) is 8.04. The van der Waals surface area contributed by atoms with Crippen molar-refractivity contribution in [1.29, 1.82) is 0 Å². The van der Waals surface area contributed by atoms with Crippen molar-refractivity contribution in [2.45, 2.75) is 32.2 Å². The molecule has 2 heterocycles. The summed E-state index contributed by atoms with van der Waals surface area (Å²) >= 11 is 3.20. The number of piperazine rings is 1. The highest BCUT2D eigenvalue weighted by Crippen LogP contribution is 2.19. The van der Waals surface area contributed by atoms with Gasteiger partial charge in [-0.1, -0.05) is 15.9 Å². The Kier molecular flexibility index (Phi) is 6.29. The van der Waals surface area contributed by atoms with Gasteiger partial charge >= 0.3 is 0 Å². The van der Waals surface area contributed by atoms with Crippen LogP contribution in [-0.2, 0) is 4.79 Å². The highest BCUT2D eigenvalue weighted by Gasteiger charge is 2.28. The topological polar surface area (TPSA) is 43.9 Å². The maximum Gasteiger partial charge on any atom is 0.256 e. The molecule has 5 nitrogen and oxygen atoms in total. The summed E-state index contributed by atoms with van der Waals surface area (Å²) < 4.78 is 14.6. The van der Waals surface area contributed by atoms with Crippen LogP contribution in [0.5, 0.6) is 0 Å². The van der Waals surface area contributed by atoms with E-state index in [2.05, 4.69) is 27.8 Å². The van der Waals surface area contributed by atoms with Gasteiger partial charge in [-0.05, 0) is 44.4 Å². The van der Waals surface area contributed by atoms with Crippen molar-refractivity contribution in [3.8, 4) is 0 Å². The Bertz CT molecular complexity index is 677. The van der Waals surface area contributed by atoms with Crippen LogP contribution in [0, 0.1) is 5.82 Å². The number of amides is 2. The number of likely N-dealkylation sites (tertiary alicyclic amines) is 1. The SMILES string of the molecule is CC1CCCCN1C(=O)CN1CCN(C(=O)c2ccc(Br)cc2F)CC1. The Morgan fingerprint density at radius 1 is 1.15 bits per heavy atom. The first-order chi connectivity index (χ1) is 12.5. The number of benzene rings is 1. The molecular formula is C19H25BrFN3O2. The fraction of sp³-hybridized carbons (Fsp3) is 0.579. The molecule has 2 saturated heterocycles. The van der Waals surface area contributed by atoms with Gasteiger partial charge in [0, 0.05) is 43.2 Å². The summed E-state index contributed by atoms with van der Waals surface area (Å²) in [5.41, 5.74) is 0.0971. The number of carbonyl (C=O) groups is 2. The van der Waals surface area contributed by atoms with E-state index >= 15 is 0 Å². The molecule has 3 rings (SSSR count). The zero-order chi connectivity index (χ0) is 18.7. The molecule has 0 bridgehead atoms. The Labute approximate surface area is 162 Å². The monoisotopic (exact) mass is 425 g/mol. The molecule has 26 heavy (non-hydrogen) atoms. The lowest BCUT2D eigenvalue weighted by Crippen LogP contribution is -2.53.